The molecule has 0 aromatic heterocycles. The van der Waals surface area contributed by atoms with Gasteiger partial charge in [0.1, 0.15) is 0 Å². The Morgan fingerprint density at radius 1 is 1.17 bits per heavy atom. The van der Waals surface area contributed by atoms with Gasteiger partial charge < -0.3 is 4.90 Å². The van der Waals surface area contributed by atoms with Crippen molar-refractivity contribution in [2.75, 3.05) is 13.6 Å². The van der Waals surface area contributed by atoms with Crippen LogP contribution in [0.3, 0.4) is 0 Å². The zero-order valence-corrected chi connectivity index (χ0v) is 14.1. The molecule has 4 heteroatoms. The molecule has 0 fully saturated rings. The number of carbonyl (C=O) groups is 1. The molecule has 0 radical (unpaired) electrons. The fraction of sp³-hybridized carbons (Fsp3) is 0.368. The molecular formula is C19H23N3O. The normalized spacial score (nSPS) is 18.2. The van der Waals surface area contributed by atoms with Crippen LogP contribution in [0.15, 0.2) is 47.5 Å². The standard InChI is InChI=1S/C19H23N3O/c1-19(2,3)17(23)21-18-20-12-16(22(18)4)15-11-7-9-13-8-5-6-10-14(13)15/h5-11,16H,12H2,1-4H3,(H,20,21,23). The Labute approximate surface area is 137 Å². The van der Waals surface area contributed by atoms with E-state index < -0.39 is 5.41 Å². The van der Waals surface area contributed by atoms with Crippen molar-refractivity contribution in [1.29, 1.82) is 0 Å². The first-order chi connectivity index (χ1) is 10.9. The summed E-state index contributed by atoms with van der Waals surface area (Å²) in [6, 6.07) is 14.9. The van der Waals surface area contributed by atoms with Gasteiger partial charge in [0.15, 0.2) is 0 Å². The van der Waals surface area contributed by atoms with E-state index >= 15 is 0 Å². The average Bonchev–Trinajstić information content (AvgIpc) is 2.87. The maximum absolute atomic E-state index is 12.2. The largest absolute Gasteiger partial charge is 0.337 e. The molecule has 0 saturated carbocycles. The van der Waals surface area contributed by atoms with E-state index in [1.165, 1.54) is 16.3 Å². The first kappa shape index (κ1) is 15.5. The van der Waals surface area contributed by atoms with Gasteiger partial charge in [-0.2, -0.15) is 0 Å². The molecule has 0 saturated heterocycles. The Morgan fingerprint density at radius 2 is 1.87 bits per heavy atom. The second-order valence-electron chi connectivity index (χ2n) is 7.06. The van der Waals surface area contributed by atoms with Crippen LogP contribution in [0.2, 0.25) is 0 Å². The summed E-state index contributed by atoms with van der Waals surface area (Å²) in [6.45, 7) is 6.37. The Balaban J connectivity index is 1.85. The van der Waals surface area contributed by atoms with Crippen molar-refractivity contribution < 1.29 is 4.79 Å². The number of nitrogens with zero attached hydrogens (tertiary/aromatic N) is 2. The summed E-state index contributed by atoms with van der Waals surface area (Å²) in [5.41, 5.74) is 0.815. The molecule has 0 bridgehead atoms. The molecule has 2 aromatic carbocycles. The summed E-state index contributed by atoms with van der Waals surface area (Å²) in [5.74, 6) is 0.643. The number of nitrogens with one attached hydrogen (secondary N) is 1. The molecule has 3 rings (SSSR count). The SMILES string of the molecule is CN1C(NC(=O)C(C)(C)C)=NCC1c1cccc2ccccc12. The number of amides is 1. The number of likely N-dealkylation sites (N-methyl/N-ethyl adjacent to an activating group) is 1. The molecule has 0 aliphatic carbocycles. The number of aliphatic imine (C=N–C) groups is 1. The summed E-state index contributed by atoms with van der Waals surface area (Å²) >= 11 is 0. The van der Waals surface area contributed by atoms with Gasteiger partial charge in [0.05, 0.1) is 12.6 Å². The van der Waals surface area contributed by atoms with Crippen molar-refractivity contribution in [1.82, 2.24) is 10.2 Å². The smallest absolute Gasteiger partial charge is 0.232 e. The highest BCUT2D eigenvalue weighted by molar-refractivity contribution is 6.00. The van der Waals surface area contributed by atoms with Crippen LogP contribution in [0.1, 0.15) is 32.4 Å². The Morgan fingerprint density at radius 3 is 2.61 bits per heavy atom. The molecule has 23 heavy (non-hydrogen) atoms. The molecule has 2 aromatic rings. The average molecular weight is 309 g/mol. The van der Waals surface area contributed by atoms with Crippen LogP contribution < -0.4 is 5.32 Å². The topological polar surface area (TPSA) is 44.7 Å². The number of rotatable bonds is 1. The van der Waals surface area contributed by atoms with Crippen LogP contribution in [-0.4, -0.2) is 30.4 Å². The van der Waals surface area contributed by atoms with E-state index in [0.717, 1.165) is 0 Å². The van der Waals surface area contributed by atoms with Gasteiger partial charge in [-0.25, -0.2) is 0 Å². The van der Waals surface area contributed by atoms with Crippen molar-refractivity contribution in [3.8, 4) is 0 Å². The lowest BCUT2D eigenvalue weighted by atomic mass is 9.96. The highest BCUT2D eigenvalue weighted by Gasteiger charge is 2.30. The number of guanidine groups is 1. The Bertz CT molecular complexity index is 768. The molecule has 0 spiro atoms. The molecule has 4 nitrogen and oxygen atoms in total. The molecule has 1 amide bonds. The van der Waals surface area contributed by atoms with Gasteiger partial charge in [-0.1, -0.05) is 63.2 Å². The zero-order valence-electron chi connectivity index (χ0n) is 14.1. The maximum atomic E-state index is 12.2. The molecule has 1 N–H and O–H groups in total. The molecule has 1 aliphatic heterocycles. The minimum atomic E-state index is -0.430. The first-order valence-electron chi connectivity index (χ1n) is 7.94. The molecule has 1 aliphatic rings. The van der Waals surface area contributed by atoms with E-state index in [0.29, 0.717) is 12.5 Å². The molecular weight excluding hydrogens is 286 g/mol. The lowest BCUT2D eigenvalue weighted by Gasteiger charge is -2.26. The lowest BCUT2D eigenvalue weighted by molar-refractivity contribution is -0.127. The van der Waals surface area contributed by atoms with Gasteiger partial charge in [0.25, 0.3) is 0 Å². The van der Waals surface area contributed by atoms with Crippen molar-refractivity contribution in [2.45, 2.75) is 26.8 Å². The minimum absolute atomic E-state index is 0.0123. The van der Waals surface area contributed by atoms with Crippen LogP contribution in [0.5, 0.6) is 0 Å². The van der Waals surface area contributed by atoms with Gasteiger partial charge in [0, 0.05) is 12.5 Å². The summed E-state index contributed by atoms with van der Waals surface area (Å²) in [6.07, 6.45) is 0. The van der Waals surface area contributed by atoms with Crippen LogP contribution >= 0.6 is 0 Å². The first-order valence-corrected chi connectivity index (χ1v) is 7.94. The number of hydrogen-bond donors (Lipinski definition) is 1. The fourth-order valence-corrected chi connectivity index (χ4v) is 2.82. The van der Waals surface area contributed by atoms with Gasteiger partial charge in [0.2, 0.25) is 11.9 Å². The van der Waals surface area contributed by atoms with E-state index in [2.05, 4.69) is 57.7 Å². The van der Waals surface area contributed by atoms with Crippen LogP contribution in [0.25, 0.3) is 10.8 Å². The Kier molecular flexibility index (Phi) is 3.84. The van der Waals surface area contributed by atoms with E-state index in [4.69, 9.17) is 0 Å². The number of fused-ring (bicyclic) bond motifs is 1. The number of hydrogen-bond acceptors (Lipinski definition) is 3. The summed E-state index contributed by atoms with van der Waals surface area (Å²) in [4.78, 5) is 18.8. The summed E-state index contributed by atoms with van der Waals surface area (Å²) in [7, 11) is 1.99. The minimum Gasteiger partial charge on any atom is -0.337 e. The lowest BCUT2D eigenvalue weighted by Crippen LogP contribution is -2.45. The molecule has 1 unspecified atom stereocenters. The number of carbonyl (C=O) groups excluding carboxylic acids is 1. The van der Waals surface area contributed by atoms with E-state index in [-0.39, 0.29) is 11.9 Å². The monoisotopic (exact) mass is 309 g/mol. The van der Waals surface area contributed by atoms with E-state index in [1.807, 2.05) is 27.8 Å². The van der Waals surface area contributed by atoms with Gasteiger partial charge in [-0.05, 0) is 16.3 Å². The van der Waals surface area contributed by atoms with Crippen molar-refractivity contribution in [2.24, 2.45) is 10.4 Å². The van der Waals surface area contributed by atoms with Crippen LogP contribution in [0.4, 0.5) is 0 Å². The molecule has 120 valence electrons. The summed E-state index contributed by atoms with van der Waals surface area (Å²) in [5, 5.41) is 5.42. The predicted octanol–water partition coefficient (Wildman–Crippen LogP) is 3.34. The second-order valence-corrected chi connectivity index (χ2v) is 7.06. The predicted molar refractivity (Wildman–Crippen MR) is 94.4 cm³/mol. The van der Waals surface area contributed by atoms with E-state index in [1.54, 1.807) is 0 Å². The molecule has 1 atom stereocenters. The maximum Gasteiger partial charge on any atom is 0.232 e. The fourth-order valence-electron chi connectivity index (χ4n) is 2.82. The van der Waals surface area contributed by atoms with Gasteiger partial charge in [-0.3, -0.25) is 15.1 Å². The third-order valence-electron chi connectivity index (χ3n) is 4.30. The second kappa shape index (κ2) is 5.69. The molecule has 1 heterocycles. The number of benzene rings is 2. The quantitative estimate of drug-likeness (QED) is 0.878. The van der Waals surface area contributed by atoms with Crippen molar-refractivity contribution >= 4 is 22.6 Å². The van der Waals surface area contributed by atoms with E-state index in [9.17, 15) is 4.79 Å². The van der Waals surface area contributed by atoms with Gasteiger partial charge >= 0.3 is 0 Å². The van der Waals surface area contributed by atoms with Crippen molar-refractivity contribution in [3.05, 3.63) is 48.0 Å². The highest BCUT2D eigenvalue weighted by atomic mass is 16.2. The van der Waals surface area contributed by atoms with Crippen LogP contribution in [-0.2, 0) is 4.79 Å². The Hall–Kier alpha value is -2.36. The van der Waals surface area contributed by atoms with Gasteiger partial charge in [-0.15, -0.1) is 0 Å². The summed E-state index contributed by atoms with van der Waals surface area (Å²) < 4.78 is 0. The third-order valence-corrected chi connectivity index (χ3v) is 4.30. The zero-order chi connectivity index (χ0) is 16.6. The highest BCUT2D eigenvalue weighted by Crippen LogP contribution is 2.30. The third kappa shape index (κ3) is 2.93. The van der Waals surface area contributed by atoms with Crippen LogP contribution in [0, 0.1) is 5.41 Å². The van der Waals surface area contributed by atoms with Crippen molar-refractivity contribution in [3.63, 3.8) is 0 Å².